The van der Waals surface area contributed by atoms with E-state index < -0.39 is 0 Å². The van der Waals surface area contributed by atoms with Gasteiger partial charge in [0.25, 0.3) is 0 Å². The van der Waals surface area contributed by atoms with Gasteiger partial charge in [-0.1, -0.05) is 46.1 Å². The molecule has 0 aliphatic carbocycles. The van der Waals surface area contributed by atoms with E-state index in [4.69, 9.17) is 23.2 Å². The molecule has 1 aromatic heterocycles. The van der Waals surface area contributed by atoms with Gasteiger partial charge in [0.15, 0.2) is 0 Å². The molecule has 1 nitrogen and oxygen atoms in total. The van der Waals surface area contributed by atoms with Crippen molar-refractivity contribution >= 4 is 39.1 Å². The zero-order valence-corrected chi connectivity index (χ0v) is 9.67. The third-order valence-corrected chi connectivity index (χ3v) is 2.74. The van der Waals surface area contributed by atoms with Crippen LogP contribution in [0.15, 0.2) is 6.07 Å². The molecule has 1 heterocycles. The first-order chi connectivity index (χ1) is 5.69. The lowest BCUT2D eigenvalue weighted by molar-refractivity contribution is 1.07. The fourth-order valence-corrected chi connectivity index (χ4v) is 2.15. The molecule has 0 saturated carbocycles. The SMILES string of the molecule is CCc1c(CBr)cc(Cl)nc1Cl. The smallest absolute Gasteiger partial charge is 0.134 e. The summed E-state index contributed by atoms with van der Waals surface area (Å²) < 4.78 is 0. The summed E-state index contributed by atoms with van der Waals surface area (Å²) in [5.41, 5.74) is 2.18. The van der Waals surface area contributed by atoms with Gasteiger partial charge in [0.2, 0.25) is 0 Å². The van der Waals surface area contributed by atoms with Crippen LogP contribution in [0.2, 0.25) is 10.3 Å². The second-order valence-corrected chi connectivity index (χ2v) is 3.67. The topological polar surface area (TPSA) is 12.9 Å². The van der Waals surface area contributed by atoms with Gasteiger partial charge in [-0.3, -0.25) is 0 Å². The normalized spacial score (nSPS) is 10.3. The molecule has 0 amide bonds. The standard InChI is InChI=1S/C8H8BrCl2N/c1-2-6-5(4-9)3-7(10)12-8(6)11/h3H,2,4H2,1H3. The van der Waals surface area contributed by atoms with Crippen LogP contribution in [-0.2, 0) is 11.8 Å². The van der Waals surface area contributed by atoms with Gasteiger partial charge in [0.1, 0.15) is 10.3 Å². The Hall–Kier alpha value is 0.210. The maximum atomic E-state index is 5.90. The predicted octanol–water partition coefficient (Wildman–Crippen LogP) is 3.85. The van der Waals surface area contributed by atoms with Crippen LogP contribution in [0.25, 0.3) is 0 Å². The van der Waals surface area contributed by atoms with Crippen molar-refractivity contribution in [1.82, 2.24) is 4.98 Å². The van der Waals surface area contributed by atoms with Crippen LogP contribution in [-0.4, -0.2) is 4.98 Å². The van der Waals surface area contributed by atoms with Crippen LogP contribution in [0.1, 0.15) is 18.1 Å². The monoisotopic (exact) mass is 267 g/mol. The van der Waals surface area contributed by atoms with Crippen molar-refractivity contribution in [3.05, 3.63) is 27.5 Å². The first-order valence-electron chi connectivity index (χ1n) is 3.58. The highest BCUT2D eigenvalue weighted by atomic mass is 79.9. The summed E-state index contributed by atoms with van der Waals surface area (Å²) in [5.74, 6) is 0. The van der Waals surface area contributed by atoms with Gasteiger partial charge in [-0.25, -0.2) is 4.98 Å². The molecule has 1 aromatic rings. The van der Waals surface area contributed by atoms with Crippen LogP contribution in [0.3, 0.4) is 0 Å². The second kappa shape index (κ2) is 4.45. The molecule has 66 valence electrons. The first kappa shape index (κ1) is 10.3. The number of aromatic nitrogens is 1. The number of hydrogen-bond acceptors (Lipinski definition) is 1. The van der Waals surface area contributed by atoms with Crippen LogP contribution >= 0.6 is 39.1 Å². The van der Waals surface area contributed by atoms with E-state index in [1.165, 1.54) is 0 Å². The summed E-state index contributed by atoms with van der Waals surface area (Å²) >= 11 is 15.0. The predicted molar refractivity (Wildman–Crippen MR) is 56.3 cm³/mol. The Morgan fingerprint density at radius 3 is 2.67 bits per heavy atom. The maximum Gasteiger partial charge on any atom is 0.134 e. The van der Waals surface area contributed by atoms with Crippen molar-refractivity contribution in [2.45, 2.75) is 18.7 Å². The third kappa shape index (κ3) is 2.12. The lowest BCUT2D eigenvalue weighted by Crippen LogP contribution is -1.93. The third-order valence-electron chi connectivity index (χ3n) is 1.63. The molecule has 4 heteroatoms. The second-order valence-electron chi connectivity index (χ2n) is 2.36. The van der Waals surface area contributed by atoms with E-state index in [0.717, 1.165) is 22.9 Å². The van der Waals surface area contributed by atoms with Crippen LogP contribution < -0.4 is 0 Å². The minimum absolute atomic E-state index is 0.451. The van der Waals surface area contributed by atoms with Crippen molar-refractivity contribution in [2.24, 2.45) is 0 Å². The number of pyridine rings is 1. The quantitative estimate of drug-likeness (QED) is 0.587. The summed E-state index contributed by atoms with van der Waals surface area (Å²) in [6.45, 7) is 2.04. The molecule has 0 unspecified atom stereocenters. The molecule has 0 bridgehead atoms. The Morgan fingerprint density at radius 1 is 1.50 bits per heavy atom. The Labute approximate surface area is 90.2 Å². The van der Waals surface area contributed by atoms with Gasteiger partial charge >= 0.3 is 0 Å². The van der Waals surface area contributed by atoms with Gasteiger partial charge in [0.05, 0.1) is 0 Å². The molecule has 1 rings (SSSR count). The van der Waals surface area contributed by atoms with Crippen molar-refractivity contribution in [3.63, 3.8) is 0 Å². The molecule has 0 atom stereocenters. The van der Waals surface area contributed by atoms with E-state index in [9.17, 15) is 0 Å². The van der Waals surface area contributed by atoms with Crippen LogP contribution in [0.4, 0.5) is 0 Å². The Balaban J connectivity index is 3.24. The molecular formula is C8H8BrCl2N. The number of nitrogens with zero attached hydrogens (tertiary/aromatic N) is 1. The van der Waals surface area contributed by atoms with Gasteiger partial charge in [-0.2, -0.15) is 0 Å². The molecule has 0 fully saturated rings. The number of halogens is 3. The largest absolute Gasteiger partial charge is 0.224 e. The summed E-state index contributed by atoms with van der Waals surface area (Å²) in [4.78, 5) is 3.96. The molecule has 0 radical (unpaired) electrons. The van der Waals surface area contributed by atoms with E-state index in [2.05, 4.69) is 20.9 Å². The van der Waals surface area contributed by atoms with Crippen molar-refractivity contribution in [1.29, 1.82) is 0 Å². The van der Waals surface area contributed by atoms with E-state index in [1.54, 1.807) is 0 Å². The zero-order valence-electron chi connectivity index (χ0n) is 6.57. The highest BCUT2D eigenvalue weighted by Gasteiger charge is 2.07. The van der Waals surface area contributed by atoms with Crippen LogP contribution in [0.5, 0.6) is 0 Å². The van der Waals surface area contributed by atoms with Crippen molar-refractivity contribution in [3.8, 4) is 0 Å². The fraction of sp³-hybridized carbons (Fsp3) is 0.375. The Bertz CT molecular complexity index is 289. The number of alkyl halides is 1. The average Bonchev–Trinajstić information content (AvgIpc) is 2.03. The van der Waals surface area contributed by atoms with Gasteiger partial charge < -0.3 is 0 Å². The highest BCUT2D eigenvalue weighted by molar-refractivity contribution is 9.08. The number of hydrogen-bond donors (Lipinski definition) is 0. The van der Waals surface area contributed by atoms with Gasteiger partial charge in [-0.05, 0) is 23.6 Å². The van der Waals surface area contributed by atoms with E-state index in [0.29, 0.717) is 10.3 Å². The maximum absolute atomic E-state index is 5.90. The van der Waals surface area contributed by atoms with Crippen molar-refractivity contribution in [2.75, 3.05) is 0 Å². The molecule has 0 aromatic carbocycles. The minimum atomic E-state index is 0.451. The zero-order chi connectivity index (χ0) is 9.14. The molecule has 0 saturated heterocycles. The van der Waals surface area contributed by atoms with Crippen LogP contribution in [0, 0.1) is 0 Å². The van der Waals surface area contributed by atoms with E-state index in [-0.39, 0.29) is 0 Å². The lowest BCUT2D eigenvalue weighted by atomic mass is 10.1. The molecule has 0 aliphatic heterocycles. The molecular weight excluding hydrogens is 261 g/mol. The average molecular weight is 269 g/mol. The molecule has 0 aliphatic rings. The fourth-order valence-electron chi connectivity index (χ4n) is 1.05. The van der Waals surface area contributed by atoms with Crippen molar-refractivity contribution < 1.29 is 0 Å². The summed E-state index contributed by atoms with van der Waals surface area (Å²) in [5, 5.41) is 1.73. The number of rotatable bonds is 2. The summed E-state index contributed by atoms with van der Waals surface area (Å²) in [6, 6.07) is 1.83. The first-order valence-corrected chi connectivity index (χ1v) is 5.46. The van der Waals surface area contributed by atoms with E-state index >= 15 is 0 Å². The molecule has 0 spiro atoms. The van der Waals surface area contributed by atoms with E-state index in [1.807, 2.05) is 13.0 Å². The van der Waals surface area contributed by atoms with Gasteiger partial charge in [-0.15, -0.1) is 0 Å². The summed E-state index contributed by atoms with van der Waals surface area (Å²) in [6.07, 6.45) is 0.879. The molecule has 0 N–H and O–H groups in total. The van der Waals surface area contributed by atoms with Gasteiger partial charge in [0, 0.05) is 5.33 Å². The lowest BCUT2D eigenvalue weighted by Gasteiger charge is -2.06. The minimum Gasteiger partial charge on any atom is -0.224 e. The molecule has 12 heavy (non-hydrogen) atoms. The highest BCUT2D eigenvalue weighted by Crippen LogP contribution is 2.23. The summed E-state index contributed by atoms with van der Waals surface area (Å²) in [7, 11) is 0. The Morgan fingerprint density at radius 2 is 2.17 bits per heavy atom. The Kier molecular flexibility index (Phi) is 3.81.